The van der Waals surface area contributed by atoms with Crippen molar-refractivity contribution in [1.82, 2.24) is 5.32 Å². The third-order valence-electron chi connectivity index (χ3n) is 5.23. The predicted octanol–water partition coefficient (Wildman–Crippen LogP) is 4.85. The number of thiophene rings is 1. The molecular weight excluding hydrogens is 316 g/mol. The Hall–Kier alpha value is -1.81. The van der Waals surface area contributed by atoms with Gasteiger partial charge in [-0.3, -0.25) is 4.79 Å². The van der Waals surface area contributed by atoms with Gasteiger partial charge in [0.15, 0.2) is 0 Å². The highest BCUT2D eigenvalue weighted by Crippen LogP contribution is 2.42. The van der Waals surface area contributed by atoms with Crippen LogP contribution in [0.1, 0.15) is 71.2 Å². The molecule has 2 atom stereocenters. The molecule has 0 bridgehead atoms. The molecule has 2 aliphatic rings. The highest BCUT2D eigenvalue weighted by atomic mass is 32.1. The summed E-state index contributed by atoms with van der Waals surface area (Å²) in [6.45, 7) is 6.69. The Kier molecular flexibility index (Phi) is 3.87. The van der Waals surface area contributed by atoms with Crippen molar-refractivity contribution >= 4 is 22.2 Å². The van der Waals surface area contributed by atoms with Crippen molar-refractivity contribution in [3.8, 4) is 0 Å². The van der Waals surface area contributed by atoms with Gasteiger partial charge in [0.2, 0.25) is 0 Å². The molecule has 2 heterocycles. The van der Waals surface area contributed by atoms with E-state index in [1.54, 1.807) is 11.3 Å². The maximum absolute atomic E-state index is 12.7. The van der Waals surface area contributed by atoms with Gasteiger partial charge in [-0.2, -0.15) is 0 Å². The van der Waals surface area contributed by atoms with Crippen LogP contribution in [0, 0.1) is 5.92 Å². The Morgan fingerprint density at radius 2 is 1.92 bits per heavy atom. The Balaban J connectivity index is 1.63. The van der Waals surface area contributed by atoms with Crippen LogP contribution in [0.2, 0.25) is 0 Å². The van der Waals surface area contributed by atoms with Gasteiger partial charge in [0.05, 0.1) is 5.56 Å². The van der Waals surface area contributed by atoms with E-state index in [1.165, 1.54) is 22.4 Å². The van der Waals surface area contributed by atoms with Gasteiger partial charge in [-0.15, -0.1) is 11.3 Å². The molecule has 3 nitrogen and oxygen atoms in total. The van der Waals surface area contributed by atoms with Crippen LogP contribution in [-0.2, 0) is 12.8 Å². The lowest BCUT2D eigenvalue weighted by Crippen LogP contribution is -2.38. The molecule has 0 spiro atoms. The fraction of sp³-hybridized carbons (Fsp3) is 0.450. The highest BCUT2D eigenvalue weighted by molar-refractivity contribution is 7.16. The van der Waals surface area contributed by atoms with Crippen molar-refractivity contribution < 1.29 is 4.79 Å². The van der Waals surface area contributed by atoms with Gasteiger partial charge in [-0.25, -0.2) is 0 Å². The second-order valence-corrected chi connectivity index (χ2v) is 8.53. The molecule has 4 heteroatoms. The summed E-state index contributed by atoms with van der Waals surface area (Å²) in [6.07, 6.45) is 3.19. The number of carbonyl (C=O) groups is 1. The van der Waals surface area contributed by atoms with E-state index in [4.69, 9.17) is 0 Å². The van der Waals surface area contributed by atoms with Gasteiger partial charge in [0, 0.05) is 4.88 Å². The summed E-state index contributed by atoms with van der Waals surface area (Å²) < 4.78 is 0. The van der Waals surface area contributed by atoms with Crippen LogP contribution < -0.4 is 10.6 Å². The van der Waals surface area contributed by atoms with Crippen molar-refractivity contribution in [2.45, 2.75) is 52.1 Å². The molecular formula is C20H24N2OS. The van der Waals surface area contributed by atoms with E-state index in [1.807, 2.05) is 0 Å². The number of hydrogen-bond acceptors (Lipinski definition) is 3. The maximum Gasteiger partial charge on any atom is 0.256 e. The lowest BCUT2D eigenvalue weighted by molar-refractivity contribution is 0.0935. The molecule has 0 radical (unpaired) electrons. The predicted molar refractivity (Wildman–Crippen MR) is 99.9 cm³/mol. The smallest absolute Gasteiger partial charge is 0.256 e. The third kappa shape index (κ3) is 2.63. The molecule has 126 valence electrons. The van der Waals surface area contributed by atoms with Crippen molar-refractivity contribution in [1.29, 1.82) is 0 Å². The zero-order valence-electron chi connectivity index (χ0n) is 14.5. The van der Waals surface area contributed by atoms with Gasteiger partial charge in [0.1, 0.15) is 11.2 Å². The molecule has 2 aromatic rings. The summed E-state index contributed by atoms with van der Waals surface area (Å²) in [5.41, 5.74) is 4.61. The molecule has 4 rings (SSSR count). The van der Waals surface area contributed by atoms with Gasteiger partial charge in [-0.05, 0) is 47.8 Å². The normalized spacial score (nSPS) is 22.6. The molecule has 1 aliphatic heterocycles. The number of carbonyl (C=O) groups excluding carboxylic acids is 1. The number of nitrogens with one attached hydrogen (secondary N) is 2. The van der Waals surface area contributed by atoms with E-state index in [0.29, 0.717) is 5.92 Å². The SMILES string of the molecule is CC(C)c1ccc([C@H]2NC(=O)c3c(sc4c3CC[C@@H](C)C4)N2)cc1. The van der Waals surface area contributed by atoms with Crippen molar-refractivity contribution in [3.05, 3.63) is 51.4 Å². The molecule has 1 amide bonds. The fourth-order valence-electron chi connectivity index (χ4n) is 3.70. The monoisotopic (exact) mass is 340 g/mol. The third-order valence-corrected chi connectivity index (χ3v) is 6.41. The lowest BCUT2D eigenvalue weighted by Gasteiger charge is -2.27. The first-order chi connectivity index (χ1) is 11.5. The molecule has 1 aliphatic carbocycles. The Morgan fingerprint density at radius 1 is 1.17 bits per heavy atom. The largest absolute Gasteiger partial charge is 0.353 e. The zero-order valence-corrected chi connectivity index (χ0v) is 15.3. The highest BCUT2D eigenvalue weighted by Gasteiger charge is 2.32. The van der Waals surface area contributed by atoms with E-state index in [9.17, 15) is 4.79 Å². The molecule has 0 unspecified atom stereocenters. The minimum absolute atomic E-state index is 0.0775. The minimum atomic E-state index is -0.135. The fourth-order valence-corrected chi connectivity index (χ4v) is 5.14. The number of rotatable bonds is 2. The second-order valence-electron chi connectivity index (χ2n) is 7.43. The Labute approximate surface area is 147 Å². The summed E-state index contributed by atoms with van der Waals surface area (Å²) in [5, 5.41) is 7.74. The van der Waals surface area contributed by atoms with Gasteiger partial charge >= 0.3 is 0 Å². The molecule has 0 saturated carbocycles. The second kappa shape index (κ2) is 5.92. The van der Waals surface area contributed by atoms with E-state index >= 15 is 0 Å². The van der Waals surface area contributed by atoms with E-state index < -0.39 is 0 Å². The summed E-state index contributed by atoms with van der Waals surface area (Å²) in [6, 6.07) is 8.55. The van der Waals surface area contributed by atoms with Crippen molar-refractivity contribution in [3.63, 3.8) is 0 Å². The topological polar surface area (TPSA) is 41.1 Å². The molecule has 1 aromatic heterocycles. The van der Waals surface area contributed by atoms with Crippen molar-refractivity contribution in [2.75, 3.05) is 5.32 Å². The molecule has 1 aromatic carbocycles. The first-order valence-corrected chi connectivity index (χ1v) is 9.66. The summed E-state index contributed by atoms with van der Waals surface area (Å²) in [7, 11) is 0. The zero-order chi connectivity index (χ0) is 16.8. The average molecular weight is 340 g/mol. The summed E-state index contributed by atoms with van der Waals surface area (Å²) in [5.74, 6) is 1.32. The first-order valence-electron chi connectivity index (χ1n) is 8.84. The number of hydrogen-bond donors (Lipinski definition) is 2. The van der Waals surface area contributed by atoms with Crippen LogP contribution in [0.4, 0.5) is 5.00 Å². The lowest BCUT2D eigenvalue weighted by atomic mass is 9.88. The van der Waals surface area contributed by atoms with E-state index in [2.05, 4.69) is 55.7 Å². The van der Waals surface area contributed by atoms with Crippen LogP contribution in [0.25, 0.3) is 0 Å². The van der Waals surface area contributed by atoms with E-state index in [0.717, 1.165) is 34.9 Å². The standard InChI is InChI=1S/C20H24N2OS/c1-11(2)13-5-7-14(8-6-13)18-21-19(23)17-15-9-4-12(3)10-16(15)24-20(17)22-18/h5-8,11-12,18,22H,4,9-10H2,1-3H3,(H,21,23)/t12-,18+/m1/s1. The molecule has 0 saturated heterocycles. The minimum Gasteiger partial charge on any atom is -0.353 e. The average Bonchev–Trinajstić information content (AvgIpc) is 2.92. The van der Waals surface area contributed by atoms with Crippen molar-refractivity contribution in [2.24, 2.45) is 5.92 Å². The Morgan fingerprint density at radius 3 is 2.62 bits per heavy atom. The molecule has 2 N–H and O–H groups in total. The van der Waals surface area contributed by atoms with Gasteiger partial charge < -0.3 is 10.6 Å². The quantitative estimate of drug-likeness (QED) is 0.820. The molecule has 0 fully saturated rings. The maximum atomic E-state index is 12.7. The summed E-state index contributed by atoms with van der Waals surface area (Å²) >= 11 is 1.78. The van der Waals surface area contributed by atoms with Crippen LogP contribution in [0.5, 0.6) is 0 Å². The van der Waals surface area contributed by atoms with Crippen LogP contribution in [-0.4, -0.2) is 5.91 Å². The number of amides is 1. The van der Waals surface area contributed by atoms with Crippen LogP contribution in [0.3, 0.4) is 0 Å². The van der Waals surface area contributed by atoms with E-state index in [-0.39, 0.29) is 12.1 Å². The van der Waals surface area contributed by atoms with Gasteiger partial charge in [-0.1, -0.05) is 45.0 Å². The van der Waals surface area contributed by atoms with Crippen LogP contribution >= 0.6 is 11.3 Å². The Bertz CT molecular complexity index is 776. The van der Waals surface area contributed by atoms with Gasteiger partial charge in [0.25, 0.3) is 5.91 Å². The molecule has 24 heavy (non-hydrogen) atoms. The summed E-state index contributed by atoms with van der Waals surface area (Å²) in [4.78, 5) is 14.1. The number of anilines is 1. The number of fused-ring (bicyclic) bond motifs is 3. The number of benzene rings is 1. The van der Waals surface area contributed by atoms with Crippen LogP contribution in [0.15, 0.2) is 24.3 Å². The first kappa shape index (κ1) is 15.7.